The van der Waals surface area contributed by atoms with Gasteiger partial charge in [-0.15, -0.1) is 11.3 Å². The van der Waals surface area contributed by atoms with Gasteiger partial charge in [0.1, 0.15) is 18.5 Å². The fourth-order valence-corrected chi connectivity index (χ4v) is 3.86. The second-order valence-electron chi connectivity index (χ2n) is 6.12. The molecule has 0 radical (unpaired) electrons. The summed E-state index contributed by atoms with van der Waals surface area (Å²) in [5, 5.41) is 13.2. The molecule has 1 aliphatic rings. The molecule has 0 saturated heterocycles. The van der Waals surface area contributed by atoms with E-state index in [-0.39, 0.29) is 12.6 Å². The van der Waals surface area contributed by atoms with E-state index < -0.39 is 6.10 Å². The lowest BCUT2D eigenvalue weighted by Crippen LogP contribution is -2.35. The van der Waals surface area contributed by atoms with E-state index in [1.165, 1.54) is 16.2 Å². The molecule has 1 heterocycles. The Labute approximate surface area is 142 Å². The molecule has 1 unspecified atom stereocenters. The third kappa shape index (κ3) is 4.93. The Morgan fingerprint density at radius 1 is 1.35 bits per heavy atom. The lowest BCUT2D eigenvalue weighted by atomic mass is 9.98. The minimum Gasteiger partial charge on any atom is -0.489 e. The predicted molar refractivity (Wildman–Crippen MR) is 91.6 cm³/mol. The zero-order valence-corrected chi connectivity index (χ0v) is 15.0. The first-order valence-corrected chi connectivity index (χ1v) is 9.20. The Bertz CT molecular complexity index is 527. The number of carbonyl (C=O) groups excluding carboxylic acids is 1. The molecular weight excluding hydrogens is 314 g/mol. The van der Waals surface area contributed by atoms with E-state index >= 15 is 0 Å². The van der Waals surface area contributed by atoms with E-state index in [0.717, 1.165) is 31.2 Å². The molecule has 1 aromatic heterocycles. The van der Waals surface area contributed by atoms with Crippen molar-refractivity contribution in [3.63, 3.8) is 0 Å². The summed E-state index contributed by atoms with van der Waals surface area (Å²) >= 11 is 1.48. The number of carbonyl (C=O) groups is 1. The molecule has 1 aromatic rings. The molecule has 0 spiro atoms. The van der Waals surface area contributed by atoms with Gasteiger partial charge in [0.25, 0.3) is 0 Å². The van der Waals surface area contributed by atoms with Gasteiger partial charge in [-0.25, -0.2) is 4.79 Å². The van der Waals surface area contributed by atoms with E-state index in [0.29, 0.717) is 29.8 Å². The first-order valence-electron chi connectivity index (χ1n) is 8.38. The fourth-order valence-electron chi connectivity index (χ4n) is 2.63. The smallest absolute Gasteiger partial charge is 0.352 e. The van der Waals surface area contributed by atoms with Crippen molar-refractivity contribution >= 4 is 17.3 Å². The third-order valence-electron chi connectivity index (χ3n) is 3.77. The number of nitrogens with one attached hydrogen (secondary N) is 1. The minimum absolute atomic E-state index is 0.176. The van der Waals surface area contributed by atoms with Gasteiger partial charge in [-0.3, -0.25) is 0 Å². The number of ether oxygens (including phenoxy) is 2. The summed E-state index contributed by atoms with van der Waals surface area (Å²) in [7, 11) is 0. The Balaban J connectivity index is 2.09. The van der Waals surface area contributed by atoms with Crippen molar-refractivity contribution in [3.8, 4) is 5.75 Å². The second kappa shape index (κ2) is 8.66. The van der Waals surface area contributed by atoms with E-state index in [1.54, 1.807) is 6.92 Å². The number of hydrogen-bond acceptors (Lipinski definition) is 6. The van der Waals surface area contributed by atoms with Crippen LogP contribution in [0.25, 0.3) is 0 Å². The van der Waals surface area contributed by atoms with Gasteiger partial charge < -0.3 is 19.9 Å². The van der Waals surface area contributed by atoms with Gasteiger partial charge in [-0.2, -0.15) is 0 Å². The van der Waals surface area contributed by atoms with Crippen molar-refractivity contribution in [2.75, 3.05) is 19.8 Å². The number of aryl methyl sites for hydroxylation is 1. The van der Waals surface area contributed by atoms with E-state index in [2.05, 4.69) is 5.32 Å². The summed E-state index contributed by atoms with van der Waals surface area (Å²) in [4.78, 5) is 13.9. The first kappa shape index (κ1) is 18.2. The van der Waals surface area contributed by atoms with Gasteiger partial charge in [-0.05, 0) is 32.6 Å². The standard InChI is InChI=1S/C17H27NO4S/c1-4-21-17(20)16-15(13-7-5-6-8-14(13)23-16)22-10-12(19)9-18-11(2)3/h11-12,18-19H,4-10H2,1-3H3. The predicted octanol–water partition coefficient (Wildman–Crippen LogP) is 2.54. The molecule has 2 rings (SSSR count). The number of fused-ring (bicyclic) bond motifs is 1. The van der Waals surface area contributed by atoms with Gasteiger partial charge in [0.05, 0.1) is 6.61 Å². The van der Waals surface area contributed by atoms with Crippen LogP contribution in [0, 0.1) is 0 Å². The molecule has 2 N–H and O–H groups in total. The van der Waals surface area contributed by atoms with Crippen LogP contribution in [0.3, 0.4) is 0 Å². The zero-order chi connectivity index (χ0) is 16.8. The molecule has 0 bridgehead atoms. The van der Waals surface area contributed by atoms with Crippen LogP contribution in [0.1, 0.15) is 53.7 Å². The molecule has 1 aliphatic carbocycles. The van der Waals surface area contributed by atoms with Crippen molar-refractivity contribution < 1.29 is 19.4 Å². The summed E-state index contributed by atoms with van der Waals surface area (Å²) in [6.45, 7) is 6.85. The van der Waals surface area contributed by atoms with Crippen LogP contribution in [0.2, 0.25) is 0 Å². The molecule has 5 nitrogen and oxygen atoms in total. The van der Waals surface area contributed by atoms with Gasteiger partial charge in [0.15, 0.2) is 4.88 Å². The van der Waals surface area contributed by atoms with Crippen LogP contribution in [-0.2, 0) is 17.6 Å². The van der Waals surface area contributed by atoms with Crippen LogP contribution < -0.4 is 10.1 Å². The quantitative estimate of drug-likeness (QED) is 0.711. The number of hydrogen-bond donors (Lipinski definition) is 2. The molecule has 0 saturated carbocycles. The van der Waals surface area contributed by atoms with Crippen LogP contribution >= 0.6 is 11.3 Å². The van der Waals surface area contributed by atoms with Crippen molar-refractivity contribution in [2.24, 2.45) is 0 Å². The monoisotopic (exact) mass is 341 g/mol. The number of aliphatic hydroxyl groups excluding tert-OH is 1. The highest BCUT2D eigenvalue weighted by molar-refractivity contribution is 7.14. The summed E-state index contributed by atoms with van der Waals surface area (Å²) in [6.07, 6.45) is 3.58. The number of rotatable bonds is 8. The van der Waals surface area contributed by atoms with Gasteiger partial charge >= 0.3 is 5.97 Å². The topological polar surface area (TPSA) is 67.8 Å². The highest BCUT2D eigenvalue weighted by Crippen LogP contribution is 2.40. The summed E-state index contributed by atoms with van der Waals surface area (Å²) in [6, 6.07) is 0.314. The minimum atomic E-state index is -0.605. The lowest BCUT2D eigenvalue weighted by molar-refractivity contribution is 0.0522. The lowest BCUT2D eigenvalue weighted by Gasteiger charge is -2.17. The van der Waals surface area contributed by atoms with Crippen molar-refractivity contribution in [1.82, 2.24) is 5.32 Å². The second-order valence-corrected chi connectivity index (χ2v) is 7.22. The Morgan fingerprint density at radius 3 is 2.78 bits per heavy atom. The Kier molecular flexibility index (Phi) is 6.87. The summed E-state index contributed by atoms with van der Waals surface area (Å²) < 4.78 is 11.0. The maximum atomic E-state index is 12.2. The average Bonchev–Trinajstić information content (AvgIpc) is 2.90. The molecule has 0 fully saturated rings. The molecule has 1 atom stereocenters. The summed E-state index contributed by atoms with van der Waals surface area (Å²) in [5.41, 5.74) is 1.13. The van der Waals surface area contributed by atoms with Crippen LogP contribution in [0.4, 0.5) is 0 Å². The van der Waals surface area contributed by atoms with Crippen molar-refractivity contribution in [3.05, 3.63) is 15.3 Å². The molecule has 23 heavy (non-hydrogen) atoms. The molecule has 6 heteroatoms. The normalized spacial score (nSPS) is 15.3. The van der Waals surface area contributed by atoms with Crippen LogP contribution in [-0.4, -0.2) is 43.0 Å². The number of thiophene rings is 1. The van der Waals surface area contributed by atoms with Crippen molar-refractivity contribution in [1.29, 1.82) is 0 Å². The van der Waals surface area contributed by atoms with Gasteiger partial charge in [-0.1, -0.05) is 13.8 Å². The maximum Gasteiger partial charge on any atom is 0.352 e. The highest BCUT2D eigenvalue weighted by atomic mass is 32.1. The largest absolute Gasteiger partial charge is 0.489 e. The Hall–Kier alpha value is -1.11. The van der Waals surface area contributed by atoms with E-state index in [9.17, 15) is 9.90 Å². The van der Waals surface area contributed by atoms with Crippen molar-refractivity contribution in [2.45, 2.75) is 58.6 Å². The third-order valence-corrected chi connectivity index (χ3v) is 5.02. The molecule has 0 aliphatic heterocycles. The first-order chi connectivity index (χ1) is 11.0. The van der Waals surface area contributed by atoms with E-state index in [1.807, 2.05) is 13.8 Å². The van der Waals surface area contributed by atoms with Gasteiger partial charge in [0.2, 0.25) is 0 Å². The molecular formula is C17H27NO4S. The zero-order valence-electron chi connectivity index (χ0n) is 14.2. The molecule has 0 aromatic carbocycles. The van der Waals surface area contributed by atoms with Gasteiger partial charge in [0, 0.05) is 23.0 Å². The SMILES string of the molecule is CCOC(=O)c1sc2c(c1OCC(O)CNC(C)C)CCCC2. The maximum absolute atomic E-state index is 12.2. The number of esters is 1. The molecule has 0 amide bonds. The highest BCUT2D eigenvalue weighted by Gasteiger charge is 2.27. The summed E-state index contributed by atoms with van der Waals surface area (Å²) in [5.74, 6) is 0.309. The van der Waals surface area contributed by atoms with Crippen LogP contribution in [0.5, 0.6) is 5.75 Å². The molecule has 130 valence electrons. The Morgan fingerprint density at radius 2 is 2.09 bits per heavy atom. The number of aliphatic hydroxyl groups is 1. The fraction of sp³-hybridized carbons (Fsp3) is 0.706. The van der Waals surface area contributed by atoms with E-state index in [4.69, 9.17) is 9.47 Å². The van der Waals surface area contributed by atoms with Crippen LogP contribution in [0.15, 0.2) is 0 Å². The average molecular weight is 341 g/mol.